The Labute approximate surface area is 117 Å². The highest BCUT2D eigenvalue weighted by Crippen LogP contribution is 2.20. The Bertz CT molecular complexity index is 560. The van der Waals surface area contributed by atoms with Crippen LogP contribution in [0.15, 0.2) is 18.2 Å². The maximum atomic E-state index is 6.26. The molecule has 1 aliphatic rings. The Balaban J connectivity index is 1.75. The Morgan fingerprint density at radius 1 is 1.32 bits per heavy atom. The first-order chi connectivity index (χ1) is 9.22. The van der Waals surface area contributed by atoms with Gasteiger partial charge < -0.3 is 15.6 Å². The van der Waals surface area contributed by atoms with Crippen LogP contribution in [0.2, 0.25) is 5.02 Å². The van der Waals surface area contributed by atoms with Gasteiger partial charge in [0.15, 0.2) is 0 Å². The zero-order valence-corrected chi connectivity index (χ0v) is 11.7. The fourth-order valence-electron chi connectivity index (χ4n) is 2.68. The van der Waals surface area contributed by atoms with E-state index in [9.17, 15) is 0 Å². The van der Waals surface area contributed by atoms with Gasteiger partial charge in [-0.3, -0.25) is 0 Å². The molecule has 0 saturated carbocycles. The predicted molar refractivity (Wildman–Crippen MR) is 78.3 cm³/mol. The molecule has 102 valence electrons. The summed E-state index contributed by atoms with van der Waals surface area (Å²) in [7, 11) is 0. The van der Waals surface area contributed by atoms with E-state index in [0.29, 0.717) is 5.02 Å². The van der Waals surface area contributed by atoms with Crippen LogP contribution in [0.25, 0.3) is 11.0 Å². The third-order valence-electron chi connectivity index (χ3n) is 3.72. The number of aromatic amines is 1. The molecule has 2 aromatic rings. The molecule has 0 bridgehead atoms. The number of rotatable bonds is 3. The number of piperidine rings is 1. The van der Waals surface area contributed by atoms with Crippen molar-refractivity contribution in [1.82, 2.24) is 14.9 Å². The summed E-state index contributed by atoms with van der Waals surface area (Å²) in [4.78, 5) is 10.3. The third kappa shape index (κ3) is 2.91. The number of hydrogen-bond donors (Lipinski definition) is 2. The highest BCUT2D eigenvalue weighted by molar-refractivity contribution is 6.31. The highest BCUT2D eigenvalue weighted by atomic mass is 35.5. The normalized spacial score (nSPS) is 18.8. The molecule has 1 aromatic heterocycles. The van der Waals surface area contributed by atoms with Crippen LogP contribution in [-0.2, 0) is 0 Å². The van der Waals surface area contributed by atoms with Crippen molar-refractivity contribution in [3.63, 3.8) is 0 Å². The molecule has 0 amide bonds. The molecule has 4 nitrogen and oxygen atoms in total. The van der Waals surface area contributed by atoms with E-state index in [1.807, 2.05) is 18.2 Å². The minimum atomic E-state index is -0.0655. The molecular formula is C14H19ClN4. The number of hydrogen-bond acceptors (Lipinski definition) is 3. The summed E-state index contributed by atoms with van der Waals surface area (Å²) in [6, 6.07) is 5.60. The van der Waals surface area contributed by atoms with Crippen LogP contribution in [0.5, 0.6) is 0 Å². The summed E-state index contributed by atoms with van der Waals surface area (Å²) in [6.45, 7) is 3.17. The van der Waals surface area contributed by atoms with Crippen molar-refractivity contribution in [2.24, 2.45) is 5.73 Å². The topological polar surface area (TPSA) is 57.9 Å². The van der Waals surface area contributed by atoms with Crippen LogP contribution in [0.4, 0.5) is 0 Å². The Hall–Kier alpha value is -1.10. The van der Waals surface area contributed by atoms with Gasteiger partial charge in [-0.05, 0) is 44.1 Å². The smallest absolute Gasteiger partial charge is 0.125 e. The SMILES string of the molecule is NC(CN1CCCCC1)c1nc2ccc(Cl)cc2[nH]1. The summed E-state index contributed by atoms with van der Waals surface area (Å²) < 4.78 is 0. The summed E-state index contributed by atoms with van der Waals surface area (Å²) in [5, 5.41) is 0.715. The molecule has 0 radical (unpaired) electrons. The lowest BCUT2D eigenvalue weighted by atomic mass is 10.1. The minimum absolute atomic E-state index is 0.0655. The van der Waals surface area contributed by atoms with E-state index in [1.165, 1.54) is 19.3 Å². The van der Waals surface area contributed by atoms with Crippen LogP contribution in [0, 0.1) is 0 Å². The Kier molecular flexibility index (Phi) is 3.73. The highest BCUT2D eigenvalue weighted by Gasteiger charge is 2.17. The largest absolute Gasteiger partial charge is 0.341 e. The van der Waals surface area contributed by atoms with Crippen molar-refractivity contribution >= 4 is 22.6 Å². The molecule has 3 rings (SSSR count). The van der Waals surface area contributed by atoms with Gasteiger partial charge in [-0.25, -0.2) is 4.98 Å². The molecule has 0 spiro atoms. The van der Waals surface area contributed by atoms with Crippen LogP contribution in [0.3, 0.4) is 0 Å². The molecular weight excluding hydrogens is 260 g/mol. The van der Waals surface area contributed by atoms with Crippen molar-refractivity contribution in [2.75, 3.05) is 19.6 Å². The van der Waals surface area contributed by atoms with Gasteiger partial charge >= 0.3 is 0 Å². The van der Waals surface area contributed by atoms with E-state index in [0.717, 1.165) is 36.5 Å². The van der Waals surface area contributed by atoms with Crippen LogP contribution < -0.4 is 5.73 Å². The number of H-pyrrole nitrogens is 1. The summed E-state index contributed by atoms with van der Waals surface area (Å²) in [6.07, 6.45) is 3.90. The number of nitrogens with two attached hydrogens (primary N) is 1. The van der Waals surface area contributed by atoms with Crippen molar-refractivity contribution in [3.05, 3.63) is 29.0 Å². The van der Waals surface area contributed by atoms with Gasteiger partial charge in [-0.15, -0.1) is 0 Å². The van der Waals surface area contributed by atoms with E-state index in [-0.39, 0.29) is 6.04 Å². The average Bonchev–Trinajstić information content (AvgIpc) is 2.83. The van der Waals surface area contributed by atoms with E-state index in [2.05, 4.69) is 14.9 Å². The lowest BCUT2D eigenvalue weighted by Crippen LogP contribution is -2.36. The maximum absolute atomic E-state index is 6.26. The lowest BCUT2D eigenvalue weighted by molar-refractivity contribution is 0.214. The van der Waals surface area contributed by atoms with Gasteiger partial charge in [-0.1, -0.05) is 18.0 Å². The van der Waals surface area contributed by atoms with Gasteiger partial charge in [0, 0.05) is 11.6 Å². The Morgan fingerprint density at radius 3 is 2.89 bits per heavy atom. The monoisotopic (exact) mass is 278 g/mol. The van der Waals surface area contributed by atoms with Crippen molar-refractivity contribution in [2.45, 2.75) is 25.3 Å². The standard InChI is InChI=1S/C14H19ClN4/c15-10-4-5-12-13(8-10)18-14(17-12)11(16)9-19-6-2-1-3-7-19/h4-5,8,11H,1-3,6-7,9,16H2,(H,17,18). The average molecular weight is 279 g/mol. The van der Waals surface area contributed by atoms with E-state index >= 15 is 0 Å². The quantitative estimate of drug-likeness (QED) is 0.908. The van der Waals surface area contributed by atoms with E-state index in [1.54, 1.807) is 0 Å². The molecule has 19 heavy (non-hydrogen) atoms. The number of nitrogens with zero attached hydrogens (tertiary/aromatic N) is 2. The van der Waals surface area contributed by atoms with Gasteiger partial charge in [0.1, 0.15) is 5.82 Å². The number of imidazole rings is 1. The second-order valence-electron chi connectivity index (χ2n) is 5.25. The first-order valence-corrected chi connectivity index (χ1v) is 7.23. The molecule has 1 unspecified atom stereocenters. The van der Waals surface area contributed by atoms with Gasteiger partial charge in [0.25, 0.3) is 0 Å². The third-order valence-corrected chi connectivity index (χ3v) is 3.95. The molecule has 3 N–H and O–H groups in total. The van der Waals surface area contributed by atoms with Crippen molar-refractivity contribution in [3.8, 4) is 0 Å². The van der Waals surface area contributed by atoms with Crippen LogP contribution >= 0.6 is 11.6 Å². The van der Waals surface area contributed by atoms with Crippen LogP contribution in [0.1, 0.15) is 31.1 Å². The van der Waals surface area contributed by atoms with Gasteiger partial charge in [0.05, 0.1) is 17.1 Å². The first-order valence-electron chi connectivity index (χ1n) is 6.85. The molecule has 1 saturated heterocycles. The predicted octanol–water partition coefficient (Wildman–Crippen LogP) is 2.70. The van der Waals surface area contributed by atoms with Gasteiger partial charge in [-0.2, -0.15) is 0 Å². The number of fused-ring (bicyclic) bond motifs is 1. The summed E-state index contributed by atoms with van der Waals surface area (Å²) in [5.74, 6) is 0.850. The molecule has 1 aliphatic heterocycles. The second-order valence-corrected chi connectivity index (χ2v) is 5.69. The zero-order valence-electron chi connectivity index (χ0n) is 10.9. The number of benzene rings is 1. The lowest BCUT2D eigenvalue weighted by Gasteiger charge is -2.28. The van der Waals surface area contributed by atoms with Crippen molar-refractivity contribution in [1.29, 1.82) is 0 Å². The Morgan fingerprint density at radius 2 is 2.11 bits per heavy atom. The summed E-state index contributed by atoms with van der Waals surface area (Å²) >= 11 is 5.98. The second kappa shape index (κ2) is 5.49. The number of nitrogens with one attached hydrogen (secondary N) is 1. The fraction of sp³-hybridized carbons (Fsp3) is 0.500. The van der Waals surface area contributed by atoms with Gasteiger partial charge in [0.2, 0.25) is 0 Å². The number of likely N-dealkylation sites (tertiary alicyclic amines) is 1. The van der Waals surface area contributed by atoms with Crippen LogP contribution in [-0.4, -0.2) is 34.5 Å². The maximum Gasteiger partial charge on any atom is 0.125 e. The summed E-state index contributed by atoms with van der Waals surface area (Å²) in [5.41, 5.74) is 8.14. The molecule has 1 atom stereocenters. The first kappa shape index (κ1) is 12.9. The fourth-order valence-corrected chi connectivity index (χ4v) is 2.86. The molecule has 1 fully saturated rings. The zero-order chi connectivity index (χ0) is 13.2. The number of halogens is 1. The molecule has 0 aliphatic carbocycles. The molecule has 2 heterocycles. The molecule has 5 heteroatoms. The minimum Gasteiger partial charge on any atom is -0.341 e. The van der Waals surface area contributed by atoms with E-state index < -0.39 is 0 Å². The van der Waals surface area contributed by atoms with Crippen molar-refractivity contribution < 1.29 is 0 Å². The van der Waals surface area contributed by atoms with E-state index in [4.69, 9.17) is 17.3 Å². The number of aromatic nitrogens is 2. The molecule has 1 aromatic carbocycles.